The van der Waals surface area contributed by atoms with E-state index in [1.54, 1.807) is 24.3 Å². The van der Waals surface area contributed by atoms with E-state index in [1.165, 1.54) is 0 Å². The normalized spacial score (nSPS) is 19.4. The van der Waals surface area contributed by atoms with Crippen molar-refractivity contribution in [1.82, 2.24) is 0 Å². The molecule has 1 aromatic carbocycles. The third-order valence-corrected chi connectivity index (χ3v) is 4.78. The van der Waals surface area contributed by atoms with Gasteiger partial charge in [-0.1, -0.05) is 0 Å². The summed E-state index contributed by atoms with van der Waals surface area (Å²) >= 11 is 0. The zero-order valence-corrected chi connectivity index (χ0v) is 17.5. The van der Waals surface area contributed by atoms with Crippen molar-refractivity contribution in [1.29, 1.82) is 5.41 Å². The molecule has 0 aliphatic heterocycles. The summed E-state index contributed by atoms with van der Waals surface area (Å²) in [6, 6.07) is 6.64. The molecular weight excluding hydrogens is 388 g/mol. The number of hydrogen-bond acceptors (Lipinski definition) is 7. The Morgan fingerprint density at radius 1 is 1.13 bits per heavy atom. The number of ether oxygens (including phenoxy) is 3. The monoisotopic (exact) mass is 416 g/mol. The van der Waals surface area contributed by atoms with Crippen molar-refractivity contribution in [2.75, 3.05) is 6.61 Å². The highest BCUT2D eigenvalue weighted by atomic mass is 16.6. The number of esters is 2. The van der Waals surface area contributed by atoms with Gasteiger partial charge in [-0.25, -0.2) is 9.59 Å². The number of amidine groups is 1. The maximum absolute atomic E-state index is 12.5. The SMILES string of the molecule is CC(C)(C)OC(=O)COC1CCC(OC(=O)c2cc3cc(C(=N)N)ccc3o2)CC1. The van der Waals surface area contributed by atoms with Crippen LogP contribution in [-0.2, 0) is 19.0 Å². The Morgan fingerprint density at radius 2 is 1.80 bits per heavy atom. The Hall–Kier alpha value is -2.87. The fourth-order valence-electron chi connectivity index (χ4n) is 3.39. The number of nitrogen functional groups attached to an aromatic ring is 1. The maximum atomic E-state index is 12.5. The summed E-state index contributed by atoms with van der Waals surface area (Å²) in [5.74, 6) is -0.829. The Balaban J connectivity index is 1.48. The number of rotatable bonds is 6. The lowest BCUT2D eigenvalue weighted by molar-refractivity contribution is -0.163. The van der Waals surface area contributed by atoms with Gasteiger partial charge in [-0.15, -0.1) is 0 Å². The zero-order chi connectivity index (χ0) is 21.9. The first-order valence-corrected chi connectivity index (χ1v) is 10.0. The van der Waals surface area contributed by atoms with Crippen LogP contribution in [0.4, 0.5) is 0 Å². The molecule has 1 fully saturated rings. The number of nitrogens with one attached hydrogen (secondary N) is 1. The van der Waals surface area contributed by atoms with E-state index >= 15 is 0 Å². The van der Waals surface area contributed by atoms with E-state index in [4.69, 9.17) is 29.8 Å². The third-order valence-electron chi connectivity index (χ3n) is 4.78. The van der Waals surface area contributed by atoms with Crippen molar-refractivity contribution in [3.05, 3.63) is 35.6 Å². The smallest absolute Gasteiger partial charge is 0.374 e. The molecule has 8 nitrogen and oxygen atoms in total. The second kappa shape index (κ2) is 8.87. The lowest BCUT2D eigenvalue weighted by Crippen LogP contribution is -2.31. The summed E-state index contributed by atoms with van der Waals surface area (Å²) in [5, 5.41) is 8.19. The summed E-state index contributed by atoms with van der Waals surface area (Å²) in [7, 11) is 0. The molecule has 1 aliphatic rings. The van der Waals surface area contributed by atoms with E-state index < -0.39 is 11.6 Å². The summed E-state index contributed by atoms with van der Waals surface area (Å²) < 4.78 is 22.0. The van der Waals surface area contributed by atoms with Gasteiger partial charge < -0.3 is 24.4 Å². The molecule has 0 radical (unpaired) electrons. The predicted octanol–water partition coefficient (Wildman–Crippen LogP) is 3.54. The van der Waals surface area contributed by atoms with Crippen LogP contribution in [0.15, 0.2) is 28.7 Å². The van der Waals surface area contributed by atoms with Gasteiger partial charge >= 0.3 is 11.9 Å². The van der Waals surface area contributed by atoms with E-state index in [9.17, 15) is 9.59 Å². The highest BCUT2D eigenvalue weighted by Gasteiger charge is 2.27. The highest BCUT2D eigenvalue weighted by Crippen LogP contribution is 2.26. The van der Waals surface area contributed by atoms with E-state index in [1.807, 2.05) is 20.8 Å². The molecule has 1 aromatic heterocycles. The van der Waals surface area contributed by atoms with Gasteiger partial charge in [0.2, 0.25) is 5.76 Å². The summed E-state index contributed by atoms with van der Waals surface area (Å²) in [4.78, 5) is 24.2. The maximum Gasteiger partial charge on any atom is 0.374 e. The lowest BCUT2D eigenvalue weighted by atomic mass is 9.95. The lowest BCUT2D eigenvalue weighted by Gasteiger charge is -2.28. The van der Waals surface area contributed by atoms with Crippen LogP contribution in [0.3, 0.4) is 0 Å². The number of nitrogens with two attached hydrogens (primary N) is 1. The van der Waals surface area contributed by atoms with Crippen molar-refractivity contribution >= 4 is 28.7 Å². The molecule has 0 atom stereocenters. The molecule has 1 aliphatic carbocycles. The molecule has 0 spiro atoms. The van der Waals surface area contributed by atoms with Crippen LogP contribution in [0.1, 0.15) is 62.6 Å². The number of hydrogen-bond donors (Lipinski definition) is 2. The number of furan rings is 1. The number of benzene rings is 1. The Kier molecular flexibility index (Phi) is 6.45. The van der Waals surface area contributed by atoms with Crippen LogP contribution < -0.4 is 5.73 Å². The summed E-state index contributed by atoms with van der Waals surface area (Å²) in [6.45, 7) is 5.37. The molecule has 0 amide bonds. The van der Waals surface area contributed by atoms with Crippen LogP contribution >= 0.6 is 0 Å². The van der Waals surface area contributed by atoms with Crippen molar-refractivity contribution in [2.45, 2.75) is 64.3 Å². The van der Waals surface area contributed by atoms with Crippen LogP contribution in [0.5, 0.6) is 0 Å². The van der Waals surface area contributed by atoms with E-state index in [2.05, 4.69) is 0 Å². The van der Waals surface area contributed by atoms with Gasteiger partial charge in [0, 0.05) is 10.9 Å². The standard InChI is InChI=1S/C22H28N2O6/c1-22(2,3)30-19(25)12-27-15-5-7-16(8-6-15)28-21(26)18-11-14-10-13(20(23)24)4-9-17(14)29-18/h4,9-11,15-16H,5-8,12H2,1-3H3,(H3,23,24). The van der Waals surface area contributed by atoms with E-state index in [-0.39, 0.29) is 36.4 Å². The molecule has 0 bridgehead atoms. The quantitative estimate of drug-likeness (QED) is 0.419. The second-order valence-corrected chi connectivity index (χ2v) is 8.48. The first kappa shape index (κ1) is 21.8. The van der Waals surface area contributed by atoms with Gasteiger partial charge in [0.05, 0.1) is 6.10 Å². The van der Waals surface area contributed by atoms with Gasteiger partial charge in [0.15, 0.2) is 0 Å². The van der Waals surface area contributed by atoms with Gasteiger partial charge in [0.25, 0.3) is 0 Å². The number of fused-ring (bicyclic) bond motifs is 1. The first-order valence-electron chi connectivity index (χ1n) is 10.0. The molecule has 8 heteroatoms. The predicted molar refractivity (Wildman–Crippen MR) is 110 cm³/mol. The van der Waals surface area contributed by atoms with Crippen molar-refractivity contribution < 1.29 is 28.2 Å². The van der Waals surface area contributed by atoms with E-state index in [0.717, 1.165) is 0 Å². The van der Waals surface area contributed by atoms with Gasteiger partial charge in [-0.2, -0.15) is 0 Å². The van der Waals surface area contributed by atoms with Crippen LogP contribution in [0.25, 0.3) is 11.0 Å². The number of carbonyl (C=O) groups excluding carboxylic acids is 2. The van der Waals surface area contributed by atoms with Gasteiger partial charge in [0.1, 0.15) is 29.7 Å². The molecule has 30 heavy (non-hydrogen) atoms. The summed E-state index contributed by atoms with van der Waals surface area (Å²) in [5.41, 5.74) is 6.06. The highest BCUT2D eigenvalue weighted by molar-refractivity contribution is 6.00. The first-order chi connectivity index (χ1) is 14.1. The molecule has 1 saturated carbocycles. The Morgan fingerprint density at radius 3 is 2.43 bits per heavy atom. The van der Waals surface area contributed by atoms with Crippen LogP contribution in [0, 0.1) is 5.41 Å². The minimum atomic E-state index is -0.531. The Labute approximate surface area is 175 Å². The van der Waals surface area contributed by atoms with Crippen LogP contribution in [-0.4, -0.2) is 42.2 Å². The molecular formula is C22H28N2O6. The average Bonchev–Trinajstić information content (AvgIpc) is 3.09. The van der Waals surface area contributed by atoms with Gasteiger partial charge in [-0.3, -0.25) is 5.41 Å². The van der Waals surface area contributed by atoms with Crippen LogP contribution in [0.2, 0.25) is 0 Å². The van der Waals surface area contributed by atoms with Gasteiger partial charge in [-0.05, 0) is 70.7 Å². The minimum absolute atomic E-state index is 0.0483. The molecule has 0 unspecified atom stereocenters. The molecule has 3 rings (SSSR count). The van der Waals surface area contributed by atoms with Crippen molar-refractivity contribution in [3.63, 3.8) is 0 Å². The zero-order valence-electron chi connectivity index (χ0n) is 17.5. The topological polar surface area (TPSA) is 125 Å². The van der Waals surface area contributed by atoms with Crippen molar-refractivity contribution in [3.8, 4) is 0 Å². The van der Waals surface area contributed by atoms with Crippen molar-refractivity contribution in [2.24, 2.45) is 5.73 Å². The fraction of sp³-hybridized carbons (Fsp3) is 0.500. The molecule has 1 heterocycles. The largest absolute Gasteiger partial charge is 0.458 e. The molecule has 162 valence electrons. The fourth-order valence-corrected chi connectivity index (χ4v) is 3.39. The summed E-state index contributed by atoms with van der Waals surface area (Å²) in [6.07, 6.45) is 2.42. The Bertz CT molecular complexity index is 935. The molecule has 2 aromatic rings. The average molecular weight is 416 g/mol. The minimum Gasteiger partial charge on any atom is -0.458 e. The molecule has 3 N–H and O–H groups in total. The molecule has 0 saturated heterocycles. The third kappa shape index (κ3) is 5.82. The second-order valence-electron chi connectivity index (χ2n) is 8.48. The van der Waals surface area contributed by atoms with E-state index in [0.29, 0.717) is 42.2 Å². The number of carbonyl (C=O) groups is 2.